The number of ether oxygens (including phenoxy) is 1. The number of rotatable bonds is 1. The molecule has 0 atom stereocenters. The Bertz CT molecular complexity index is 173. The molecule has 1 heterocycles. The molecule has 0 spiro atoms. The molecule has 0 aliphatic rings. The smallest absolute Gasteiger partial charge is 0.187 e. The van der Waals surface area contributed by atoms with Crippen LogP contribution < -0.4 is 4.74 Å². The van der Waals surface area contributed by atoms with Crippen molar-refractivity contribution in [3.63, 3.8) is 0 Å². The lowest BCUT2D eigenvalue weighted by molar-refractivity contribution is 0.425. The van der Waals surface area contributed by atoms with E-state index in [-0.39, 0.29) is 0 Å². The fraction of sp³-hybridized carbons (Fsp3) is 0.200. The molecule has 0 saturated carbocycles. The predicted molar refractivity (Wildman–Crippen MR) is 38.6 cm³/mol. The third-order valence-electron chi connectivity index (χ3n) is 0.770. The van der Waals surface area contributed by atoms with Gasteiger partial charge in [0.2, 0.25) is 0 Å². The number of halogens is 1. The van der Waals surface area contributed by atoms with Crippen molar-refractivity contribution < 1.29 is 4.74 Å². The van der Waals surface area contributed by atoms with Crippen molar-refractivity contribution in [2.24, 2.45) is 0 Å². The monoisotopic (exact) mass is 192 g/mol. The van der Waals surface area contributed by atoms with Crippen molar-refractivity contribution in [3.05, 3.63) is 15.9 Å². The standard InChI is InChI=1S/C5H5BrOS/c1-7-5-4(6)2-3-8-5/h2-3H,1H3. The molecule has 0 aliphatic heterocycles. The second kappa shape index (κ2) is 2.51. The van der Waals surface area contributed by atoms with E-state index in [1.54, 1.807) is 18.4 Å². The first kappa shape index (κ1) is 6.11. The highest BCUT2D eigenvalue weighted by molar-refractivity contribution is 9.10. The molecule has 0 aliphatic carbocycles. The van der Waals surface area contributed by atoms with Crippen LogP contribution in [-0.4, -0.2) is 7.11 Å². The van der Waals surface area contributed by atoms with Crippen LogP contribution in [0.2, 0.25) is 0 Å². The van der Waals surface area contributed by atoms with Gasteiger partial charge in [-0.3, -0.25) is 0 Å². The highest BCUT2D eigenvalue weighted by atomic mass is 79.9. The predicted octanol–water partition coefficient (Wildman–Crippen LogP) is 2.52. The Morgan fingerprint density at radius 1 is 1.75 bits per heavy atom. The molecule has 0 bridgehead atoms. The molecule has 44 valence electrons. The Hall–Kier alpha value is -0.0200. The second-order valence-corrected chi connectivity index (χ2v) is 2.99. The van der Waals surface area contributed by atoms with E-state index in [1.807, 2.05) is 11.4 Å². The van der Waals surface area contributed by atoms with Crippen LogP contribution in [-0.2, 0) is 0 Å². The molecule has 0 fully saturated rings. The van der Waals surface area contributed by atoms with Gasteiger partial charge in [-0.25, -0.2) is 0 Å². The van der Waals surface area contributed by atoms with Crippen molar-refractivity contribution in [2.75, 3.05) is 7.11 Å². The Morgan fingerprint density at radius 2 is 2.50 bits per heavy atom. The molecular formula is C5H5BrOS. The number of thiophene rings is 1. The van der Waals surface area contributed by atoms with E-state index in [4.69, 9.17) is 4.74 Å². The maximum Gasteiger partial charge on any atom is 0.187 e. The van der Waals surface area contributed by atoms with Gasteiger partial charge in [-0.05, 0) is 27.4 Å². The summed E-state index contributed by atoms with van der Waals surface area (Å²) in [7, 11) is 1.66. The van der Waals surface area contributed by atoms with Gasteiger partial charge in [0.15, 0.2) is 5.06 Å². The van der Waals surface area contributed by atoms with Gasteiger partial charge in [-0.2, -0.15) is 0 Å². The summed E-state index contributed by atoms with van der Waals surface area (Å²) in [6, 6.07) is 1.96. The molecule has 1 aromatic heterocycles. The molecule has 0 saturated heterocycles. The minimum absolute atomic E-state index is 0.935. The third kappa shape index (κ3) is 1.03. The van der Waals surface area contributed by atoms with E-state index in [1.165, 1.54) is 0 Å². The molecular weight excluding hydrogens is 188 g/mol. The number of methoxy groups -OCH3 is 1. The average molecular weight is 193 g/mol. The van der Waals surface area contributed by atoms with Gasteiger partial charge in [0, 0.05) is 0 Å². The van der Waals surface area contributed by atoms with Crippen LogP contribution >= 0.6 is 27.3 Å². The second-order valence-electron chi connectivity index (χ2n) is 1.26. The lowest BCUT2D eigenvalue weighted by atomic mass is 10.6. The highest BCUT2D eigenvalue weighted by Gasteiger charge is 1.96. The maximum atomic E-state index is 4.96. The summed E-state index contributed by atoms with van der Waals surface area (Å²) < 4.78 is 5.99. The van der Waals surface area contributed by atoms with Crippen LogP contribution in [0.15, 0.2) is 15.9 Å². The van der Waals surface area contributed by atoms with Gasteiger partial charge in [0.25, 0.3) is 0 Å². The largest absolute Gasteiger partial charge is 0.486 e. The molecule has 0 N–H and O–H groups in total. The van der Waals surface area contributed by atoms with Crippen LogP contribution in [0.5, 0.6) is 5.06 Å². The molecule has 0 radical (unpaired) electrons. The van der Waals surface area contributed by atoms with Crippen LogP contribution in [0.4, 0.5) is 0 Å². The summed E-state index contributed by atoms with van der Waals surface area (Å²) in [6.45, 7) is 0. The van der Waals surface area contributed by atoms with Gasteiger partial charge in [-0.1, -0.05) is 0 Å². The summed E-state index contributed by atoms with van der Waals surface area (Å²) in [6.07, 6.45) is 0. The summed E-state index contributed by atoms with van der Waals surface area (Å²) in [5.41, 5.74) is 0. The zero-order chi connectivity index (χ0) is 5.98. The average Bonchev–Trinajstić information content (AvgIpc) is 2.14. The minimum Gasteiger partial charge on any atom is -0.486 e. The summed E-state index contributed by atoms with van der Waals surface area (Å²) in [5.74, 6) is 0. The van der Waals surface area contributed by atoms with E-state index < -0.39 is 0 Å². The molecule has 0 aromatic carbocycles. The quantitative estimate of drug-likeness (QED) is 0.665. The zero-order valence-corrected chi connectivity index (χ0v) is 6.75. The van der Waals surface area contributed by atoms with Gasteiger partial charge >= 0.3 is 0 Å². The summed E-state index contributed by atoms with van der Waals surface area (Å²) in [4.78, 5) is 0. The zero-order valence-electron chi connectivity index (χ0n) is 4.35. The van der Waals surface area contributed by atoms with E-state index in [0.717, 1.165) is 9.54 Å². The first-order valence-electron chi connectivity index (χ1n) is 2.11. The first-order valence-corrected chi connectivity index (χ1v) is 3.79. The number of hydrogen-bond acceptors (Lipinski definition) is 2. The topological polar surface area (TPSA) is 9.23 Å². The van der Waals surface area contributed by atoms with Crippen LogP contribution in [0.25, 0.3) is 0 Å². The van der Waals surface area contributed by atoms with Crippen molar-refractivity contribution in [2.45, 2.75) is 0 Å². The number of hydrogen-bond donors (Lipinski definition) is 0. The normalized spacial score (nSPS) is 9.25. The molecule has 0 amide bonds. The van der Waals surface area contributed by atoms with Gasteiger partial charge in [-0.15, -0.1) is 11.3 Å². The van der Waals surface area contributed by atoms with Gasteiger partial charge in [0.1, 0.15) is 0 Å². The van der Waals surface area contributed by atoms with Gasteiger partial charge < -0.3 is 4.74 Å². The fourth-order valence-corrected chi connectivity index (χ4v) is 1.78. The van der Waals surface area contributed by atoms with Crippen LogP contribution in [0.3, 0.4) is 0 Å². The lowest BCUT2D eigenvalue weighted by Crippen LogP contribution is -1.75. The van der Waals surface area contributed by atoms with Crippen molar-refractivity contribution >= 4 is 27.3 Å². The molecule has 1 nitrogen and oxygen atoms in total. The first-order chi connectivity index (χ1) is 3.84. The fourth-order valence-electron chi connectivity index (χ4n) is 0.426. The summed E-state index contributed by atoms with van der Waals surface area (Å²) >= 11 is 4.89. The third-order valence-corrected chi connectivity index (χ3v) is 2.53. The molecule has 3 heteroatoms. The van der Waals surface area contributed by atoms with Crippen molar-refractivity contribution in [1.82, 2.24) is 0 Å². The van der Waals surface area contributed by atoms with Gasteiger partial charge in [0.05, 0.1) is 11.6 Å². The van der Waals surface area contributed by atoms with E-state index in [9.17, 15) is 0 Å². The Balaban J connectivity index is 2.92. The lowest BCUT2D eigenvalue weighted by Gasteiger charge is -1.90. The highest BCUT2D eigenvalue weighted by Crippen LogP contribution is 2.29. The molecule has 8 heavy (non-hydrogen) atoms. The van der Waals surface area contributed by atoms with E-state index in [0.29, 0.717) is 0 Å². The SMILES string of the molecule is COc1sccc1Br. The Labute approximate surface area is 60.4 Å². The molecule has 1 aromatic rings. The maximum absolute atomic E-state index is 4.96. The molecule has 1 rings (SSSR count). The molecule has 0 unspecified atom stereocenters. The Morgan fingerprint density at radius 3 is 2.75 bits per heavy atom. The van der Waals surface area contributed by atoms with Crippen molar-refractivity contribution in [1.29, 1.82) is 0 Å². The van der Waals surface area contributed by atoms with Crippen LogP contribution in [0, 0.1) is 0 Å². The summed E-state index contributed by atoms with van der Waals surface area (Å²) in [5, 5.41) is 2.91. The van der Waals surface area contributed by atoms with E-state index in [2.05, 4.69) is 15.9 Å². The van der Waals surface area contributed by atoms with Crippen molar-refractivity contribution in [3.8, 4) is 5.06 Å². The Kier molecular flexibility index (Phi) is 1.91. The van der Waals surface area contributed by atoms with Crippen LogP contribution in [0.1, 0.15) is 0 Å². The van der Waals surface area contributed by atoms with E-state index >= 15 is 0 Å². The minimum atomic E-state index is 0.935.